The fraction of sp³-hybridized carbons (Fsp3) is 0.286. The summed E-state index contributed by atoms with van der Waals surface area (Å²) in [5.74, 6) is 0.949. The second-order valence-corrected chi connectivity index (χ2v) is 5.02. The third-order valence-electron chi connectivity index (χ3n) is 2.69. The van der Waals surface area contributed by atoms with Gasteiger partial charge in [-0.2, -0.15) is 0 Å². The molecule has 1 aromatic carbocycles. The molecule has 2 rings (SSSR count). The van der Waals surface area contributed by atoms with E-state index in [9.17, 15) is 0 Å². The second kappa shape index (κ2) is 6.03. The molecule has 1 N–H and O–H groups in total. The number of rotatable bonds is 5. The summed E-state index contributed by atoms with van der Waals surface area (Å²) >= 11 is 3.45. The Morgan fingerprint density at radius 1 is 1.24 bits per heavy atom. The van der Waals surface area contributed by atoms with Crippen LogP contribution in [-0.2, 0) is 13.0 Å². The molecule has 3 heteroatoms. The van der Waals surface area contributed by atoms with Crippen molar-refractivity contribution in [2.75, 3.05) is 0 Å². The highest BCUT2D eigenvalue weighted by atomic mass is 79.9. The molecular formula is C14H16BrNO. The number of furan rings is 1. The summed E-state index contributed by atoms with van der Waals surface area (Å²) in [6, 6.07) is 12.8. The van der Waals surface area contributed by atoms with Crippen LogP contribution in [0.4, 0.5) is 0 Å². The zero-order valence-electron chi connectivity index (χ0n) is 9.82. The molecule has 0 bridgehead atoms. The van der Waals surface area contributed by atoms with E-state index in [0.717, 1.165) is 23.2 Å². The maximum atomic E-state index is 5.36. The van der Waals surface area contributed by atoms with E-state index in [1.165, 1.54) is 5.56 Å². The van der Waals surface area contributed by atoms with Gasteiger partial charge >= 0.3 is 0 Å². The summed E-state index contributed by atoms with van der Waals surface area (Å²) in [4.78, 5) is 0. The molecule has 0 fully saturated rings. The van der Waals surface area contributed by atoms with Crippen LogP contribution in [0.5, 0.6) is 0 Å². The molecule has 2 aromatic rings. The van der Waals surface area contributed by atoms with Crippen molar-refractivity contribution in [2.45, 2.75) is 25.9 Å². The minimum absolute atomic E-state index is 0.425. The van der Waals surface area contributed by atoms with Crippen LogP contribution < -0.4 is 5.32 Å². The number of hydrogen-bond donors (Lipinski definition) is 1. The fourth-order valence-corrected chi connectivity index (χ4v) is 2.10. The van der Waals surface area contributed by atoms with Crippen molar-refractivity contribution < 1.29 is 4.42 Å². The van der Waals surface area contributed by atoms with Crippen LogP contribution >= 0.6 is 15.9 Å². The molecule has 90 valence electrons. The van der Waals surface area contributed by atoms with Crippen LogP contribution in [0.25, 0.3) is 0 Å². The van der Waals surface area contributed by atoms with Gasteiger partial charge < -0.3 is 9.73 Å². The van der Waals surface area contributed by atoms with Gasteiger partial charge in [-0.05, 0) is 40.9 Å². The average Bonchev–Trinajstić information content (AvgIpc) is 2.74. The molecule has 0 saturated carbocycles. The summed E-state index contributed by atoms with van der Waals surface area (Å²) < 4.78 is 6.38. The highest BCUT2D eigenvalue weighted by molar-refractivity contribution is 9.10. The van der Waals surface area contributed by atoms with E-state index in [-0.39, 0.29) is 0 Å². The van der Waals surface area contributed by atoms with E-state index in [1.807, 2.05) is 12.1 Å². The first-order chi connectivity index (χ1) is 8.25. The van der Waals surface area contributed by atoms with Crippen LogP contribution in [-0.4, -0.2) is 6.04 Å². The lowest BCUT2D eigenvalue weighted by atomic mass is 10.1. The highest BCUT2D eigenvalue weighted by Gasteiger charge is 2.06. The largest absolute Gasteiger partial charge is 0.467 e. The number of halogens is 1. The first-order valence-electron chi connectivity index (χ1n) is 5.75. The number of benzene rings is 1. The SMILES string of the molecule is CC(Cc1ccccc1)NCc1occc1Br. The quantitative estimate of drug-likeness (QED) is 0.908. The molecule has 1 unspecified atom stereocenters. The Bertz CT molecular complexity index is 452. The van der Waals surface area contributed by atoms with E-state index < -0.39 is 0 Å². The van der Waals surface area contributed by atoms with E-state index in [2.05, 4.69) is 52.4 Å². The second-order valence-electron chi connectivity index (χ2n) is 4.16. The van der Waals surface area contributed by atoms with Crippen LogP contribution in [0.2, 0.25) is 0 Å². The normalized spacial score (nSPS) is 12.6. The maximum Gasteiger partial charge on any atom is 0.131 e. The van der Waals surface area contributed by atoms with E-state index >= 15 is 0 Å². The topological polar surface area (TPSA) is 25.2 Å². The first-order valence-corrected chi connectivity index (χ1v) is 6.54. The van der Waals surface area contributed by atoms with E-state index in [4.69, 9.17) is 4.42 Å². The number of nitrogens with one attached hydrogen (secondary N) is 1. The lowest BCUT2D eigenvalue weighted by molar-refractivity contribution is 0.452. The van der Waals surface area contributed by atoms with Gasteiger partial charge in [0.25, 0.3) is 0 Å². The van der Waals surface area contributed by atoms with Crippen molar-refractivity contribution in [1.82, 2.24) is 5.32 Å². The van der Waals surface area contributed by atoms with Crippen LogP contribution in [0.15, 0.2) is 51.6 Å². The molecule has 0 amide bonds. The van der Waals surface area contributed by atoms with Gasteiger partial charge in [0.15, 0.2) is 0 Å². The Labute approximate surface area is 110 Å². The molecule has 2 nitrogen and oxygen atoms in total. The molecule has 1 aromatic heterocycles. The summed E-state index contributed by atoms with van der Waals surface area (Å²) in [6.45, 7) is 2.94. The summed E-state index contributed by atoms with van der Waals surface area (Å²) in [6.07, 6.45) is 2.72. The molecule has 0 radical (unpaired) electrons. The summed E-state index contributed by atoms with van der Waals surface area (Å²) in [7, 11) is 0. The highest BCUT2D eigenvalue weighted by Crippen LogP contribution is 2.17. The minimum Gasteiger partial charge on any atom is -0.467 e. The van der Waals surface area contributed by atoms with Gasteiger partial charge in [-0.15, -0.1) is 0 Å². The van der Waals surface area contributed by atoms with Gasteiger partial charge in [0.2, 0.25) is 0 Å². The maximum absolute atomic E-state index is 5.36. The van der Waals surface area contributed by atoms with Crippen LogP contribution in [0.1, 0.15) is 18.2 Å². The smallest absolute Gasteiger partial charge is 0.131 e. The molecular weight excluding hydrogens is 278 g/mol. The van der Waals surface area contributed by atoms with Crippen molar-refractivity contribution in [3.05, 3.63) is 58.5 Å². The Balaban J connectivity index is 1.82. The van der Waals surface area contributed by atoms with Crippen LogP contribution in [0, 0.1) is 0 Å². The number of hydrogen-bond acceptors (Lipinski definition) is 2. The Hall–Kier alpha value is -1.06. The van der Waals surface area contributed by atoms with Gasteiger partial charge in [0, 0.05) is 6.04 Å². The minimum atomic E-state index is 0.425. The zero-order valence-corrected chi connectivity index (χ0v) is 11.4. The molecule has 0 aliphatic heterocycles. The van der Waals surface area contributed by atoms with Crippen molar-refractivity contribution >= 4 is 15.9 Å². The van der Waals surface area contributed by atoms with Crippen molar-refractivity contribution in [3.63, 3.8) is 0 Å². The predicted octanol–water partition coefficient (Wildman–Crippen LogP) is 3.76. The fourth-order valence-electron chi connectivity index (χ4n) is 1.76. The summed E-state index contributed by atoms with van der Waals surface area (Å²) in [5.41, 5.74) is 1.35. The standard InChI is InChI=1S/C14H16BrNO/c1-11(9-12-5-3-2-4-6-12)16-10-14-13(15)7-8-17-14/h2-8,11,16H,9-10H2,1H3. The van der Waals surface area contributed by atoms with Gasteiger partial charge in [0.05, 0.1) is 17.3 Å². The van der Waals surface area contributed by atoms with Crippen molar-refractivity contribution in [1.29, 1.82) is 0 Å². The molecule has 1 atom stereocenters. The van der Waals surface area contributed by atoms with Crippen LogP contribution in [0.3, 0.4) is 0 Å². The van der Waals surface area contributed by atoms with Crippen molar-refractivity contribution in [3.8, 4) is 0 Å². The predicted molar refractivity (Wildman–Crippen MR) is 72.9 cm³/mol. The molecule has 0 saturated heterocycles. The van der Waals surface area contributed by atoms with Gasteiger partial charge in [-0.3, -0.25) is 0 Å². The lowest BCUT2D eigenvalue weighted by Crippen LogP contribution is -2.27. The molecule has 0 spiro atoms. The lowest BCUT2D eigenvalue weighted by Gasteiger charge is -2.13. The third kappa shape index (κ3) is 3.72. The van der Waals surface area contributed by atoms with E-state index in [1.54, 1.807) is 6.26 Å². The molecule has 0 aliphatic rings. The van der Waals surface area contributed by atoms with Gasteiger partial charge in [0.1, 0.15) is 5.76 Å². The molecule has 1 heterocycles. The molecule has 17 heavy (non-hydrogen) atoms. The zero-order chi connectivity index (χ0) is 12.1. The van der Waals surface area contributed by atoms with Crippen molar-refractivity contribution in [2.24, 2.45) is 0 Å². The molecule has 0 aliphatic carbocycles. The monoisotopic (exact) mass is 293 g/mol. The average molecular weight is 294 g/mol. The van der Waals surface area contributed by atoms with Gasteiger partial charge in [-0.25, -0.2) is 0 Å². The summed E-state index contributed by atoms with van der Waals surface area (Å²) in [5, 5.41) is 3.45. The van der Waals surface area contributed by atoms with Gasteiger partial charge in [-0.1, -0.05) is 30.3 Å². The first kappa shape index (κ1) is 12.4. The third-order valence-corrected chi connectivity index (χ3v) is 3.39. The Morgan fingerprint density at radius 3 is 2.65 bits per heavy atom. The van der Waals surface area contributed by atoms with E-state index in [0.29, 0.717) is 6.04 Å². The Morgan fingerprint density at radius 2 is 2.00 bits per heavy atom. The Kier molecular flexibility index (Phi) is 4.40.